The lowest BCUT2D eigenvalue weighted by atomic mass is 10.2. The normalized spacial score (nSPS) is 14.2. The summed E-state index contributed by atoms with van der Waals surface area (Å²) < 4.78 is 32.4. The minimum Gasteiger partial charge on any atom is -0.495 e. The highest BCUT2D eigenvalue weighted by Crippen LogP contribution is 2.29. The molecule has 1 fully saturated rings. The van der Waals surface area contributed by atoms with Crippen molar-refractivity contribution < 1.29 is 17.9 Å². The number of carbonyl (C=O) groups is 1. The van der Waals surface area contributed by atoms with Crippen LogP contribution in [0.25, 0.3) is 0 Å². The molecule has 7 heteroatoms. The predicted octanol–water partition coefficient (Wildman–Crippen LogP) is 2.26. The van der Waals surface area contributed by atoms with E-state index in [9.17, 15) is 13.2 Å². The van der Waals surface area contributed by atoms with Gasteiger partial charge in [-0.05, 0) is 43.2 Å². The molecule has 1 aliphatic rings. The van der Waals surface area contributed by atoms with E-state index in [-0.39, 0.29) is 28.7 Å². The van der Waals surface area contributed by atoms with Gasteiger partial charge in [0.15, 0.2) is 0 Å². The summed E-state index contributed by atoms with van der Waals surface area (Å²) in [6, 6.07) is 13.9. The first-order valence-corrected chi connectivity index (χ1v) is 10.5. The lowest BCUT2D eigenvalue weighted by molar-refractivity contribution is 0.0958. The fourth-order valence-corrected chi connectivity index (χ4v) is 4.68. The number of ether oxygens (including phenoxy) is 1. The average molecular weight is 398 g/mol. The Hall–Kier alpha value is -2.82. The number of rotatable bonds is 5. The van der Waals surface area contributed by atoms with Gasteiger partial charge in [-0.15, -0.1) is 0 Å². The monoisotopic (exact) mass is 398 g/mol. The third kappa shape index (κ3) is 4.53. The summed E-state index contributed by atoms with van der Waals surface area (Å²) in [5.74, 6) is 5.68. The van der Waals surface area contributed by atoms with Crippen molar-refractivity contribution in [3.8, 4) is 17.6 Å². The van der Waals surface area contributed by atoms with Crippen molar-refractivity contribution in [3.63, 3.8) is 0 Å². The van der Waals surface area contributed by atoms with Crippen LogP contribution >= 0.6 is 0 Å². The van der Waals surface area contributed by atoms with Crippen molar-refractivity contribution in [2.45, 2.75) is 17.7 Å². The van der Waals surface area contributed by atoms with Crippen LogP contribution in [0.2, 0.25) is 0 Å². The second-order valence-electron chi connectivity index (χ2n) is 6.33. The SMILES string of the molecule is COc1ccc(C(=O)NCC#Cc2ccccc2)cc1S(=O)(=O)N1CCCC1. The Morgan fingerprint density at radius 2 is 1.86 bits per heavy atom. The summed E-state index contributed by atoms with van der Waals surface area (Å²) in [4.78, 5) is 12.4. The number of carbonyl (C=O) groups excluding carboxylic acids is 1. The van der Waals surface area contributed by atoms with Crippen LogP contribution in [0.3, 0.4) is 0 Å². The maximum atomic E-state index is 12.9. The van der Waals surface area contributed by atoms with Gasteiger partial charge in [-0.25, -0.2) is 8.42 Å². The van der Waals surface area contributed by atoms with Crippen LogP contribution in [0.5, 0.6) is 5.75 Å². The van der Waals surface area contributed by atoms with Crippen molar-refractivity contribution in [3.05, 3.63) is 59.7 Å². The van der Waals surface area contributed by atoms with Crippen molar-refractivity contribution in [2.24, 2.45) is 0 Å². The van der Waals surface area contributed by atoms with Gasteiger partial charge in [-0.2, -0.15) is 4.31 Å². The molecular weight excluding hydrogens is 376 g/mol. The molecule has 3 rings (SSSR count). The molecule has 1 heterocycles. The van der Waals surface area contributed by atoms with E-state index < -0.39 is 10.0 Å². The Morgan fingerprint density at radius 1 is 1.14 bits per heavy atom. The molecule has 0 bridgehead atoms. The van der Waals surface area contributed by atoms with Crippen molar-refractivity contribution in [1.82, 2.24) is 9.62 Å². The van der Waals surface area contributed by atoms with Gasteiger partial charge >= 0.3 is 0 Å². The van der Waals surface area contributed by atoms with Gasteiger partial charge in [-0.1, -0.05) is 30.0 Å². The van der Waals surface area contributed by atoms with Gasteiger partial charge in [0.2, 0.25) is 10.0 Å². The van der Waals surface area contributed by atoms with Crippen LogP contribution in [0.4, 0.5) is 0 Å². The molecule has 1 aliphatic heterocycles. The second-order valence-corrected chi connectivity index (χ2v) is 8.23. The molecule has 0 spiro atoms. The largest absolute Gasteiger partial charge is 0.495 e. The molecule has 1 saturated heterocycles. The van der Waals surface area contributed by atoms with Gasteiger partial charge in [0.1, 0.15) is 10.6 Å². The number of hydrogen-bond donors (Lipinski definition) is 1. The standard InChI is InChI=1S/C21H22N2O4S/c1-27-19-12-11-18(16-20(19)28(25,26)23-14-5-6-15-23)21(24)22-13-7-10-17-8-3-2-4-9-17/h2-4,8-9,11-12,16H,5-6,13-15H2,1H3,(H,22,24). The Bertz CT molecular complexity index is 1000. The van der Waals surface area contributed by atoms with Gasteiger partial charge in [0, 0.05) is 24.2 Å². The summed E-state index contributed by atoms with van der Waals surface area (Å²) in [7, 11) is -2.28. The van der Waals surface area contributed by atoms with E-state index in [2.05, 4.69) is 17.2 Å². The van der Waals surface area contributed by atoms with E-state index in [1.807, 2.05) is 30.3 Å². The molecule has 2 aromatic rings. The lowest BCUT2D eigenvalue weighted by Crippen LogP contribution is -2.29. The van der Waals surface area contributed by atoms with E-state index in [4.69, 9.17) is 4.74 Å². The Balaban J connectivity index is 1.75. The number of amides is 1. The van der Waals surface area contributed by atoms with Gasteiger partial charge < -0.3 is 10.1 Å². The number of nitrogens with one attached hydrogen (secondary N) is 1. The first kappa shape index (κ1) is 19.9. The van der Waals surface area contributed by atoms with Crippen molar-refractivity contribution >= 4 is 15.9 Å². The highest BCUT2D eigenvalue weighted by molar-refractivity contribution is 7.89. The summed E-state index contributed by atoms with van der Waals surface area (Å²) >= 11 is 0. The van der Waals surface area contributed by atoms with Gasteiger partial charge in [0.05, 0.1) is 13.7 Å². The summed E-state index contributed by atoms with van der Waals surface area (Å²) in [6.45, 7) is 1.13. The number of methoxy groups -OCH3 is 1. The van der Waals surface area contributed by atoms with Crippen molar-refractivity contribution in [1.29, 1.82) is 0 Å². The van der Waals surface area contributed by atoms with E-state index in [0.29, 0.717) is 13.1 Å². The lowest BCUT2D eigenvalue weighted by Gasteiger charge is -2.18. The molecule has 0 saturated carbocycles. The molecule has 0 unspecified atom stereocenters. The summed E-state index contributed by atoms with van der Waals surface area (Å²) in [5.41, 5.74) is 1.11. The molecule has 0 radical (unpaired) electrons. The zero-order valence-electron chi connectivity index (χ0n) is 15.6. The highest BCUT2D eigenvalue weighted by atomic mass is 32.2. The molecule has 0 aliphatic carbocycles. The zero-order valence-corrected chi connectivity index (χ0v) is 16.5. The van der Waals surface area contributed by atoms with Crippen molar-refractivity contribution in [2.75, 3.05) is 26.7 Å². The maximum Gasteiger partial charge on any atom is 0.252 e. The predicted molar refractivity (Wildman–Crippen MR) is 107 cm³/mol. The number of nitrogens with zero attached hydrogens (tertiary/aromatic N) is 1. The number of hydrogen-bond acceptors (Lipinski definition) is 4. The molecule has 146 valence electrons. The molecule has 28 heavy (non-hydrogen) atoms. The third-order valence-corrected chi connectivity index (χ3v) is 6.37. The van der Waals surface area contributed by atoms with Crippen LogP contribution in [0.1, 0.15) is 28.8 Å². The van der Waals surface area contributed by atoms with E-state index >= 15 is 0 Å². The molecule has 1 N–H and O–H groups in total. The Morgan fingerprint density at radius 3 is 2.54 bits per heavy atom. The molecule has 6 nitrogen and oxygen atoms in total. The average Bonchev–Trinajstić information content (AvgIpc) is 3.27. The quantitative estimate of drug-likeness (QED) is 0.784. The van der Waals surface area contributed by atoms with E-state index in [0.717, 1.165) is 18.4 Å². The Kier molecular flexibility index (Phi) is 6.34. The molecule has 0 aromatic heterocycles. The minimum atomic E-state index is -3.70. The molecular formula is C21H22N2O4S. The molecule has 0 atom stereocenters. The first-order valence-electron chi connectivity index (χ1n) is 9.02. The topological polar surface area (TPSA) is 75.7 Å². The van der Waals surface area contributed by atoms with Crippen LogP contribution in [-0.4, -0.2) is 45.4 Å². The number of benzene rings is 2. The van der Waals surface area contributed by atoms with Crippen LogP contribution < -0.4 is 10.1 Å². The van der Waals surface area contributed by atoms with Gasteiger partial charge in [-0.3, -0.25) is 4.79 Å². The highest BCUT2D eigenvalue weighted by Gasteiger charge is 2.30. The summed E-state index contributed by atoms with van der Waals surface area (Å²) in [6.07, 6.45) is 1.67. The minimum absolute atomic E-state index is 0.0138. The maximum absolute atomic E-state index is 12.9. The molecule has 1 amide bonds. The molecule has 2 aromatic carbocycles. The fourth-order valence-electron chi connectivity index (χ4n) is 2.98. The third-order valence-electron chi connectivity index (χ3n) is 4.45. The zero-order chi connectivity index (χ0) is 20.0. The fraction of sp³-hybridized carbons (Fsp3) is 0.286. The van der Waals surface area contributed by atoms with Crippen LogP contribution in [0, 0.1) is 11.8 Å². The van der Waals surface area contributed by atoms with E-state index in [1.165, 1.54) is 23.5 Å². The first-order chi connectivity index (χ1) is 13.5. The summed E-state index contributed by atoms with van der Waals surface area (Å²) in [5, 5.41) is 2.69. The Labute approximate surface area is 165 Å². The number of sulfonamides is 1. The smallest absolute Gasteiger partial charge is 0.252 e. The van der Waals surface area contributed by atoms with Gasteiger partial charge in [0.25, 0.3) is 5.91 Å². The second kappa shape index (κ2) is 8.91. The van der Waals surface area contributed by atoms with E-state index in [1.54, 1.807) is 6.07 Å². The van der Waals surface area contributed by atoms with Crippen LogP contribution in [0.15, 0.2) is 53.4 Å². The van der Waals surface area contributed by atoms with Crippen LogP contribution in [-0.2, 0) is 10.0 Å².